The molecule has 3 aromatic carbocycles. The number of hydrogen-bond acceptors (Lipinski definition) is 6. The van der Waals surface area contributed by atoms with Crippen LogP contribution in [0.25, 0.3) is 33.4 Å². The summed E-state index contributed by atoms with van der Waals surface area (Å²) < 4.78 is 41.5. The van der Waals surface area contributed by atoms with Crippen molar-refractivity contribution in [1.29, 1.82) is 0 Å². The molecule has 2 aromatic heterocycles. The predicted molar refractivity (Wildman–Crippen MR) is 158 cm³/mol. The largest absolute Gasteiger partial charge is 0.455 e. The molecule has 0 spiro atoms. The van der Waals surface area contributed by atoms with Gasteiger partial charge in [-0.05, 0) is 79.4 Å². The Labute approximate surface area is 246 Å². The van der Waals surface area contributed by atoms with E-state index in [-0.39, 0.29) is 46.2 Å². The first-order valence-corrected chi connectivity index (χ1v) is 13.9. The average Bonchev–Trinajstić information content (AvgIpc) is 3.40. The summed E-state index contributed by atoms with van der Waals surface area (Å²) in [7, 11) is 3.10. The van der Waals surface area contributed by atoms with Crippen LogP contribution in [0.4, 0.5) is 8.78 Å². The molecule has 0 saturated heterocycles. The van der Waals surface area contributed by atoms with Crippen LogP contribution in [-0.4, -0.2) is 41.9 Å². The van der Waals surface area contributed by atoms with Gasteiger partial charge in [0.15, 0.2) is 5.78 Å². The summed E-state index contributed by atoms with van der Waals surface area (Å²) in [5, 5.41) is 2.56. The van der Waals surface area contributed by atoms with Crippen molar-refractivity contribution in [2.24, 2.45) is 0 Å². The number of halogens is 2. The minimum atomic E-state index is -0.656. The van der Waals surface area contributed by atoms with Gasteiger partial charge in [0.05, 0.1) is 17.1 Å². The Balaban J connectivity index is 1.41. The maximum atomic E-state index is 16.4. The van der Waals surface area contributed by atoms with Crippen LogP contribution in [0.15, 0.2) is 77.5 Å². The monoisotopic (exact) mass is 581 g/mol. The first-order valence-electron chi connectivity index (χ1n) is 13.9. The molecule has 218 valence electrons. The van der Waals surface area contributed by atoms with Crippen LogP contribution >= 0.6 is 0 Å². The van der Waals surface area contributed by atoms with Crippen molar-refractivity contribution in [1.82, 2.24) is 15.3 Å². The second-order valence-electron chi connectivity index (χ2n) is 10.9. The van der Waals surface area contributed by atoms with Crippen LogP contribution in [0.1, 0.15) is 51.4 Å². The second kappa shape index (κ2) is 11.1. The number of carbonyl (C=O) groups is 2. The van der Waals surface area contributed by atoms with E-state index in [0.29, 0.717) is 35.4 Å². The summed E-state index contributed by atoms with van der Waals surface area (Å²) in [5.41, 5.74) is 2.01. The van der Waals surface area contributed by atoms with Crippen LogP contribution in [0.3, 0.4) is 0 Å². The maximum Gasteiger partial charge on any atom is 0.255 e. The van der Waals surface area contributed by atoms with Crippen LogP contribution in [0.5, 0.6) is 0 Å². The molecule has 1 aliphatic rings. The summed E-state index contributed by atoms with van der Waals surface area (Å²) in [5.74, 6) is -1.01. The fourth-order valence-electron chi connectivity index (χ4n) is 5.96. The Hall–Kier alpha value is -4.76. The van der Waals surface area contributed by atoms with Gasteiger partial charge in [0.25, 0.3) is 5.91 Å². The number of nitrogens with zero attached hydrogens (tertiary/aromatic N) is 2. The van der Waals surface area contributed by atoms with Gasteiger partial charge in [-0.25, -0.2) is 18.7 Å². The van der Waals surface area contributed by atoms with Crippen LogP contribution in [-0.2, 0) is 10.2 Å². The van der Waals surface area contributed by atoms with Gasteiger partial charge < -0.3 is 14.5 Å². The van der Waals surface area contributed by atoms with Crippen molar-refractivity contribution in [3.05, 3.63) is 107 Å². The number of Topliss-reactive ketones (excluding diaryl/α,β-unsaturated/α-hetero) is 1. The van der Waals surface area contributed by atoms with Gasteiger partial charge in [-0.3, -0.25) is 9.59 Å². The summed E-state index contributed by atoms with van der Waals surface area (Å²) >= 11 is 0. The first-order chi connectivity index (χ1) is 20.7. The highest BCUT2D eigenvalue weighted by molar-refractivity contribution is 6.12. The van der Waals surface area contributed by atoms with E-state index in [2.05, 4.69) is 15.3 Å². The summed E-state index contributed by atoms with van der Waals surface area (Å²) in [6.45, 7) is 1.83. The van der Waals surface area contributed by atoms with Crippen LogP contribution in [0.2, 0.25) is 0 Å². The van der Waals surface area contributed by atoms with Crippen LogP contribution in [0, 0.1) is 18.6 Å². The standard InChI is InChI=1S/C34H29F2N3O4/c1-19-5-6-21(26(40)18-34(16-23(17-34)42-3)33-38-13-4-14-39-33)15-25(19)24-11-12-27-28(30(24)36)29(32(41)37-2)31(43-27)20-7-9-22(35)10-8-20/h4-15,23H,16-18H2,1-3H3,(H,37,41). The molecule has 1 amide bonds. The van der Waals surface area contributed by atoms with E-state index < -0.39 is 23.0 Å². The van der Waals surface area contributed by atoms with E-state index in [4.69, 9.17) is 9.15 Å². The Bertz CT molecular complexity index is 1850. The maximum absolute atomic E-state index is 16.4. The zero-order valence-corrected chi connectivity index (χ0v) is 23.9. The van der Waals surface area contributed by atoms with Crippen molar-refractivity contribution in [3.8, 4) is 22.5 Å². The number of hydrogen-bond donors (Lipinski definition) is 1. The molecule has 0 aliphatic heterocycles. The van der Waals surface area contributed by atoms with Crippen LogP contribution < -0.4 is 5.32 Å². The molecule has 0 bridgehead atoms. The fraction of sp³-hybridized carbons (Fsp3) is 0.235. The van der Waals surface area contributed by atoms with Crippen molar-refractivity contribution in [3.63, 3.8) is 0 Å². The lowest BCUT2D eigenvalue weighted by Crippen LogP contribution is -2.48. The van der Waals surface area contributed by atoms with Gasteiger partial charge >= 0.3 is 0 Å². The predicted octanol–water partition coefficient (Wildman–Crippen LogP) is 6.82. The number of benzene rings is 3. The van der Waals surface area contributed by atoms with Gasteiger partial charge in [0.1, 0.15) is 28.8 Å². The van der Waals surface area contributed by atoms with Crippen molar-refractivity contribution in [2.45, 2.75) is 37.7 Å². The number of ether oxygens (including phenoxy) is 1. The van der Waals surface area contributed by atoms with E-state index in [1.165, 1.54) is 31.3 Å². The van der Waals surface area contributed by atoms with E-state index in [1.54, 1.807) is 55.9 Å². The number of rotatable bonds is 8. The minimum absolute atomic E-state index is 0.00700. The van der Waals surface area contributed by atoms with E-state index in [1.807, 2.05) is 6.92 Å². The van der Waals surface area contributed by atoms with Crippen molar-refractivity contribution in [2.75, 3.05) is 14.2 Å². The number of aromatic nitrogens is 2. The van der Waals surface area contributed by atoms with E-state index >= 15 is 4.39 Å². The van der Waals surface area contributed by atoms with Crippen molar-refractivity contribution < 1.29 is 27.5 Å². The third-order valence-electron chi connectivity index (χ3n) is 8.31. The summed E-state index contributed by atoms with van der Waals surface area (Å²) in [6, 6.07) is 15.6. The molecule has 1 saturated carbocycles. The second-order valence-corrected chi connectivity index (χ2v) is 10.9. The average molecular weight is 582 g/mol. The van der Waals surface area contributed by atoms with E-state index in [0.717, 1.165) is 5.56 Å². The SMILES string of the molecule is CNC(=O)c1c(-c2ccc(F)cc2)oc2ccc(-c3cc(C(=O)CC4(c5ncccn5)CC(OC)C4)ccc3C)c(F)c12. The molecule has 7 nitrogen and oxygen atoms in total. The first kappa shape index (κ1) is 28.4. The molecule has 1 fully saturated rings. The molecule has 0 atom stereocenters. The lowest BCUT2D eigenvalue weighted by molar-refractivity contribution is -0.0229. The molecule has 0 unspecified atom stereocenters. The highest BCUT2D eigenvalue weighted by Crippen LogP contribution is 2.47. The summed E-state index contributed by atoms with van der Waals surface area (Å²) in [6.07, 6.45) is 4.80. The van der Waals surface area contributed by atoms with Gasteiger partial charge in [-0.15, -0.1) is 0 Å². The third-order valence-corrected chi connectivity index (χ3v) is 8.31. The number of carbonyl (C=O) groups excluding carboxylic acids is 2. The quantitative estimate of drug-likeness (QED) is 0.202. The fourth-order valence-corrected chi connectivity index (χ4v) is 5.96. The molecule has 5 aromatic rings. The topological polar surface area (TPSA) is 94.3 Å². The lowest BCUT2D eigenvalue weighted by Gasteiger charge is -2.45. The Morgan fingerprint density at radius 1 is 1.02 bits per heavy atom. The molecule has 6 rings (SSSR count). The zero-order valence-electron chi connectivity index (χ0n) is 23.9. The number of aryl methyl sites for hydroxylation is 1. The number of methoxy groups -OCH3 is 1. The Kier molecular flexibility index (Phi) is 7.35. The molecule has 1 N–H and O–H groups in total. The smallest absolute Gasteiger partial charge is 0.255 e. The molecule has 43 heavy (non-hydrogen) atoms. The van der Waals surface area contributed by atoms with Gasteiger partial charge in [0.2, 0.25) is 0 Å². The normalized spacial score (nSPS) is 17.9. The molecular formula is C34H29F2N3O4. The van der Waals surface area contributed by atoms with Gasteiger partial charge in [-0.1, -0.05) is 12.1 Å². The molecule has 2 heterocycles. The Morgan fingerprint density at radius 2 is 1.74 bits per heavy atom. The number of fused-ring (bicyclic) bond motifs is 1. The highest BCUT2D eigenvalue weighted by Gasteiger charge is 2.49. The molecular weight excluding hydrogens is 552 g/mol. The van der Waals surface area contributed by atoms with Crippen molar-refractivity contribution >= 4 is 22.7 Å². The lowest BCUT2D eigenvalue weighted by atomic mass is 9.63. The summed E-state index contributed by atoms with van der Waals surface area (Å²) in [4.78, 5) is 35.6. The number of nitrogens with one attached hydrogen (secondary N) is 1. The molecule has 9 heteroatoms. The minimum Gasteiger partial charge on any atom is -0.455 e. The number of furan rings is 1. The van der Waals surface area contributed by atoms with Gasteiger partial charge in [-0.2, -0.15) is 0 Å². The zero-order chi connectivity index (χ0) is 30.3. The molecule has 0 radical (unpaired) electrons. The molecule has 1 aliphatic carbocycles. The van der Waals surface area contributed by atoms with Gasteiger partial charge in [0, 0.05) is 55.1 Å². The highest BCUT2D eigenvalue weighted by atomic mass is 19.1. The number of amides is 1. The number of ketones is 1. The Morgan fingerprint density at radius 3 is 2.42 bits per heavy atom. The third kappa shape index (κ3) is 4.99. The van der Waals surface area contributed by atoms with E-state index in [9.17, 15) is 14.0 Å².